The number of aromatic nitrogens is 1. The quantitative estimate of drug-likeness (QED) is 0.656. The Hall–Kier alpha value is -2.14. The highest BCUT2D eigenvalue weighted by Gasteiger charge is 2.36. The smallest absolute Gasteiger partial charge is 0.273 e. The van der Waals surface area contributed by atoms with Crippen molar-refractivity contribution in [3.8, 4) is 0 Å². The van der Waals surface area contributed by atoms with Crippen LogP contribution in [-0.4, -0.2) is 27.9 Å². The number of carbonyl (C=O) groups is 1. The molecule has 21 heavy (non-hydrogen) atoms. The van der Waals surface area contributed by atoms with Gasteiger partial charge in [0.2, 0.25) is 0 Å². The molecule has 2 aromatic rings. The summed E-state index contributed by atoms with van der Waals surface area (Å²) in [5.41, 5.74) is 2.93. The first kappa shape index (κ1) is 13.8. The van der Waals surface area contributed by atoms with Crippen LogP contribution < -0.4 is 11.3 Å². The second-order valence-electron chi connectivity index (χ2n) is 6.09. The summed E-state index contributed by atoms with van der Waals surface area (Å²) in [6, 6.07) is 9.61. The zero-order chi connectivity index (χ0) is 15.0. The van der Waals surface area contributed by atoms with Crippen molar-refractivity contribution in [2.45, 2.75) is 32.2 Å². The van der Waals surface area contributed by atoms with Gasteiger partial charge in [-0.15, -0.1) is 0 Å². The molecule has 0 spiro atoms. The molecule has 5 nitrogen and oxygen atoms in total. The van der Waals surface area contributed by atoms with Crippen LogP contribution in [0, 0.1) is 0 Å². The lowest BCUT2D eigenvalue weighted by Crippen LogP contribution is -2.43. The first-order valence-electron chi connectivity index (χ1n) is 7.21. The lowest BCUT2D eigenvalue weighted by Gasteiger charge is -2.31. The van der Waals surface area contributed by atoms with E-state index in [1.54, 1.807) is 0 Å². The molecule has 2 heterocycles. The number of rotatable bonds is 2. The van der Waals surface area contributed by atoms with E-state index < -0.39 is 0 Å². The van der Waals surface area contributed by atoms with Crippen molar-refractivity contribution >= 4 is 22.5 Å². The van der Waals surface area contributed by atoms with E-state index in [-0.39, 0.29) is 11.4 Å². The van der Waals surface area contributed by atoms with Gasteiger partial charge in [-0.05, 0) is 38.1 Å². The van der Waals surface area contributed by atoms with Gasteiger partial charge < -0.3 is 10.3 Å². The summed E-state index contributed by atoms with van der Waals surface area (Å²) in [5, 5.41) is 1.87. The Morgan fingerprint density at radius 2 is 2.14 bits per heavy atom. The summed E-state index contributed by atoms with van der Waals surface area (Å²) < 4.78 is 0. The maximum Gasteiger partial charge on any atom is 0.273 e. The van der Waals surface area contributed by atoms with Gasteiger partial charge in [-0.25, -0.2) is 10.8 Å². The molecule has 5 heteroatoms. The van der Waals surface area contributed by atoms with Gasteiger partial charge in [-0.3, -0.25) is 4.79 Å². The molecule has 1 aliphatic heterocycles. The lowest BCUT2D eigenvalue weighted by molar-refractivity contribution is 0.0646. The normalized spacial score (nSPS) is 17.2. The number of hydrazine groups is 1. The molecule has 3 N–H and O–H groups in total. The van der Waals surface area contributed by atoms with Crippen LogP contribution in [0.4, 0.5) is 5.82 Å². The number of nitrogens with two attached hydrogens (primary N) is 1. The molecule has 0 saturated carbocycles. The molecule has 0 aliphatic carbocycles. The fourth-order valence-corrected chi connectivity index (χ4v) is 3.04. The molecule has 1 aromatic heterocycles. The SMILES string of the molecule is CC1(C)CCCN1C(=O)c1cc2ccccc2c(NN)n1. The Balaban J connectivity index is 2.06. The second-order valence-corrected chi connectivity index (χ2v) is 6.09. The van der Waals surface area contributed by atoms with Crippen molar-refractivity contribution in [2.75, 3.05) is 12.0 Å². The number of anilines is 1. The number of pyridine rings is 1. The van der Waals surface area contributed by atoms with Gasteiger partial charge in [0.15, 0.2) is 0 Å². The molecule has 1 fully saturated rings. The van der Waals surface area contributed by atoms with Crippen molar-refractivity contribution in [1.29, 1.82) is 0 Å². The van der Waals surface area contributed by atoms with Crippen molar-refractivity contribution < 1.29 is 4.79 Å². The number of likely N-dealkylation sites (tertiary alicyclic amines) is 1. The van der Waals surface area contributed by atoms with E-state index in [2.05, 4.69) is 24.3 Å². The molecule has 3 rings (SSSR count). The minimum absolute atomic E-state index is 0.0280. The highest BCUT2D eigenvalue weighted by Crippen LogP contribution is 2.30. The van der Waals surface area contributed by atoms with Crippen LogP contribution in [0.25, 0.3) is 10.8 Å². The Morgan fingerprint density at radius 1 is 1.38 bits per heavy atom. The summed E-state index contributed by atoms with van der Waals surface area (Å²) in [4.78, 5) is 19.1. The van der Waals surface area contributed by atoms with Gasteiger partial charge >= 0.3 is 0 Å². The summed E-state index contributed by atoms with van der Waals surface area (Å²) in [6.45, 7) is 4.98. The van der Waals surface area contributed by atoms with Crippen molar-refractivity contribution in [1.82, 2.24) is 9.88 Å². The van der Waals surface area contributed by atoms with Crippen molar-refractivity contribution in [2.24, 2.45) is 5.84 Å². The molecular weight excluding hydrogens is 264 g/mol. The van der Waals surface area contributed by atoms with Gasteiger partial charge in [-0.2, -0.15) is 0 Å². The van der Waals surface area contributed by atoms with Crippen LogP contribution in [0.15, 0.2) is 30.3 Å². The number of hydrogen-bond acceptors (Lipinski definition) is 4. The Bertz CT molecular complexity index is 696. The molecule has 0 unspecified atom stereocenters. The first-order valence-corrected chi connectivity index (χ1v) is 7.21. The number of nitrogens with one attached hydrogen (secondary N) is 1. The van der Waals surface area contributed by atoms with Gasteiger partial charge in [0.25, 0.3) is 5.91 Å². The van der Waals surface area contributed by atoms with Gasteiger partial charge in [0.05, 0.1) is 0 Å². The largest absolute Gasteiger partial charge is 0.332 e. The van der Waals surface area contributed by atoms with Crippen LogP contribution in [0.1, 0.15) is 37.2 Å². The van der Waals surface area contributed by atoms with Crippen LogP contribution in [0.2, 0.25) is 0 Å². The summed E-state index contributed by atoms with van der Waals surface area (Å²) in [5.74, 6) is 6.06. The average molecular weight is 284 g/mol. The lowest BCUT2D eigenvalue weighted by atomic mass is 10.0. The Morgan fingerprint density at radius 3 is 2.81 bits per heavy atom. The van der Waals surface area contributed by atoms with E-state index in [1.807, 2.05) is 35.2 Å². The number of carbonyl (C=O) groups excluding carboxylic acids is 1. The maximum absolute atomic E-state index is 12.8. The van der Waals surface area contributed by atoms with Gasteiger partial charge in [-0.1, -0.05) is 24.3 Å². The summed E-state index contributed by atoms with van der Waals surface area (Å²) >= 11 is 0. The van der Waals surface area contributed by atoms with E-state index in [9.17, 15) is 4.79 Å². The minimum atomic E-state index is -0.110. The van der Waals surface area contributed by atoms with Crippen LogP contribution in [0.5, 0.6) is 0 Å². The van der Waals surface area contributed by atoms with E-state index in [0.717, 1.165) is 30.2 Å². The molecule has 1 saturated heterocycles. The van der Waals surface area contributed by atoms with Crippen LogP contribution >= 0.6 is 0 Å². The van der Waals surface area contributed by atoms with Gasteiger partial charge in [0.1, 0.15) is 11.5 Å². The van der Waals surface area contributed by atoms with Crippen molar-refractivity contribution in [3.05, 3.63) is 36.0 Å². The van der Waals surface area contributed by atoms with Crippen LogP contribution in [0.3, 0.4) is 0 Å². The molecule has 1 aliphatic rings. The molecule has 110 valence electrons. The van der Waals surface area contributed by atoms with E-state index in [1.165, 1.54) is 0 Å². The summed E-state index contributed by atoms with van der Waals surface area (Å²) in [6.07, 6.45) is 2.06. The highest BCUT2D eigenvalue weighted by atomic mass is 16.2. The number of nitrogen functional groups attached to an aromatic ring is 1. The third kappa shape index (κ3) is 2.34. The third-order valence-electron chi connectivity index (χ3n) is 4.24. The monoisotopic (exact) mass is 284 g/mol. The van der Waals surface area contributed by atoms with E-state index in [0.29, 0.717) is 11.5 Å². The number of nitrogens with zero attached hydrogens (tertiary/aromatic N) is 2. The standard InChI is InChI=1S/C16H20N4O/c1-16(2)8-5-9-20(16)15(21)13-10-11-6-3-4-7-12(11)14(18-13)19-17/h3-4,6-7,10H,5,8-9,17H2,1-2H3,(H,18,19). The molecular formula is C16H20N4O. The zero-order valence-electron chi connectivity index (χ0n) is 12.4. The highest BCUT2D eigenvalue weighted by molar-refractivity contribution is 6.00. The number of benzene rings is 1. The average Bonchev–Trinajstić information content (AvgIpc) is 2.84. The third-order valence-corrected chi connectivity index (χ3v) is 4.24. The topological polar surface area (TPSA) is 71.2 Å². The maximum atomic E-state index is 12.8. The van der Waals surface area contributed by atoms with E-state index in [4.69, 9.17) is 5.84 Å². The molecule has 0 radical (unpaired) electrons. The zero-order valence-corrected chi connectivity index (χ0v) is 12.4. The predicted molar refractivity (Wildman–Crippen MR) is 83.9 cm³/mol. The molecule has 0 atom stereocenters. The Labute approximate surface area is 124 Å². The fourth-order valence-electron chi connectivity index (χ4n) is 3.04. The Kier molecular flexibility index (Phi) is 3.29. The minimum Gasteiger partial charge on any atom is -0.332 e. The number of amides is 1. The molecule has 1 aromatic carbocycles. The number of fused-ring (bicyclic) bond motifs is 1. The van der Waals surface area contributed by atoms with Crippen LogP contribution in [-0.2, 0) is 0 Å². The molecule has 0 bridgehead atoms. The second kappa shape index (κ2) is 5.00. The predicted octanol–water partition coefficient (Wildman–Crippen LogP) is 2.53. The fraction of sp³-hybridized carbons (Fsp3) is 0.375. The molecule has 1 amide bonds. The summed E-state index contributed by atoms with van der Waals surface area (Å²) in [7, 11) is 0. The van der Waals surface area contributed by atoms with E-state index >= 15 is 0 Å². The van der Waals surface area contributed by atoms with Crippen molar-refractivity contribution in [3.63, 3.8) is 0 Å². The van der Waals surface area contributed by atoms with Gasteiger partial charge in [0, 0.05) is 17.5 Å². The number of hydrogen-bond donors (Lipinski definition) is 2. The first-order chi connectivity index (χ1) is 10.0.